The maximum atomic E-state index is 13.0. The molecule has 7 heteroatoms. The van der Waals surface area contributed by atoms with Crippen LogP contribution >= 0.6 is 0 Å². The van der Waals surface area contributed by atoms with E-state index in [9.17, 15) is 14.4 Å². The van der Waals surface area contributed by atoms with Crippen LogP contribution in [0.1, 0.15) is 61.5 Å². The van der Waals surface area contributed by atoms with Crippen molar-refractivity contribution >= 4 is 17.9 Å². The first-order valence-corrected chi connectivity index (χ1v) is 12.9. The molecule has 0 aliphatic carbocycles. The first-order chi connectivity index (χ1) is 17.7. The van der Waals surface area contributed by atoms with Crippen molar-refractivity contribution in [1.82, 2.24) is 15.1 Å². The Balaban J connectivity index is 1.40. The van der Waals surface area contributed by atoms with Crippen molar-refractivity contribution in [3.05, 3.63) is 71.3 Å². The number of benzene rings is 2. The standard InChI is InChI=1S/C30H37N3O4/c1-30(2,3)37-29(36)33-21-19-32(20-22-33)28(35)26-16-9-14-25(23-26)15-10-18-31-27(34)17-8-7-13-24-11-5-4-6-12-24/h4-6,9,11-12,14,16,23H,7-8,13,17-22H2,1-3H3,(H,31,34). The first-order valence-electron chi connectivity index (χ1n) is 12.9. The lowest BCUT2D eigenvalue weighted by atomic mass is 10.1. The first kappa shape index (κ1) is 27.8. The predicted octanol–water partition coefficient (Wildman–Crippen LogP) is 4.26. The summed E-state index contributed by atoms with van der Waals surface area (Å²) in [5, 5.41) is 2.84. The number of hydrogen-bond acceptors (Lipinski definition) is 4. The van der Waals surface area contributed by atoms with Gasteiger partial charge in [0.2, 0.25) is 5.91 Å². The van der Waals surface area contributed by atoms with Crippen LogP contribution in [0, 0.1) is 11.8 Å². The maximum absolute atomic E-state index is 13.0. The fraction of sp³-hybridized carbons (Fsp3) is 0.433. The molecule has 37 heavy (non-hydrogen) atoms. The number of piperazine rings is 1. The van der Waals surface area contributed by atoms with Gasteiger partial charge in [0.1, 0.15) is 5.60 Å². The maximum Gasteiger partial charge on any atom is 0.410 e. The van der Waals surface area contributed by atoms with Gasteiger partial charge in [0.15, 0.2) is 0 Å². The Hall–Kier alpha value is -3.79. The van der Waals surface area contributed by atoms with Crippen LogP contribution in [-0.2, 0) is 16.0 Å². The molecule has 196 valence electrons. The Kier molecular flexibility index (Phi) is 10.1. The van der Waals surface area contributed by atoms with Crippen LogP contribution in [0.15, 0.2) is 54.6 Å². The number of ether oxygens (including phenoxy) is 1. The number of aryl methyl sites for hydroxylation is 1. The number of nitrogens with zero attached hydrogens (tertiary/aromatic N) is 2. The predicted molar refractivity (Wildman–Crippen MR) is 144 cm³/mol. The second-order valence-electron chi connectivity index (χ2n) is 10.1. The number of amides is 3. The molecule has 3 rings (SSSR count). The van der Waals surface area contributed by atoms with Crippen molar-refractivity contribution in [1.29, 1.82) is 0 Å². The summed E-state index contributed by atoms with van der Waals surface area (Å²) in [6, 6.07) is 17.4. The third-order valence-corrected chi connectivity index (χ3v) is 5.90. The van der Waals surface area contributed by atoms with Gasteiger partial charge in [0.05, 0.1) is 6.54 Å². The van der Waals surface area contributed by atoms with Crippen LogP contribution in [-0.4, -0.2) is 66.0 Å². The number of carbonyl (C=O) groups excluding carboxylic acids is 3. The highest BCUT2D eigenvalue weighted by atomic mass is 16.6. The minimum atomic E-state index is -0.545. The van der Waals surface area contributed by atoms with E-state index in [1.54, 1.807) is 28.0 Å². The fourth-order valence-electron chi connectivity index (χ4n) is 3.97. The van der Waals surface area contributed by atoms with Gasteiger partial charge >= 0.3 is 6.09 Å². The van der Waals surface area contributed by atoms with Crippen molar-refractivity contribution in [2.75, 3.05) is 32.7 Å². The topological polar surface area (TPSA) is 79.0 Å². The molecule has 1 aliphatic rings. The molecule has 1 saturated heterocycles. The summed E-state index contributed by atoms with van der Waals surface area (Å²) in [7, 11) is 0. The van der Waals surface area contributed by atoms with Crippen LogP contribution in [0.25, 0.3) is 0 Å². The lowest BCUT2D eigenvalue weighted by molar-refractivity contribution is -0.120. The summed E-state index contributed by atoms with van der Waals surface area (Å²) in [4.78, 5) is 40.7. The van der Waals surface area contributed by atoms with E-state index in [0.29, 0.717) is 38.2 Å². The minimum Gasteiger partial charge on any atom is -0.444 e. The van der Waals surface area contributed by atoms with E-state index in [4.69, 9.17) is 4.74 Å². The quantitative estimate of drug-likeness (QED) is 0.452. The molecule has 1 N–H and O–H groups in total. The fourth-order valence-corrected chi connectivity index (χ4v) is 3.97. The van der Waals surface area contributed by atoms with E-state index < -0.39 is 5.60 Å². The van der Waals surface area contributed by atoms with Gasteiger partial charge in [-0.1, -0.05) is 48.2 Å². The molecular weight excluding hydrogens is 466 g/mol. The molecule has 0 spiro atoms. The third-order valence-electron chi connectivity index (χ3n) is 5.90. The summed E-state index contributed by atoms with van der Waals surface area (Å²) in [6.45, 7) is 7.55. The zero-order valence-corrected chi connectivity index (χ0v) is 22.1. The van der Waals surface area contributed by atoms with Crippen molar-refractivity contribution < 1.29 is 19.1 Å². The van der Waals surface area contributed by atoms with E-state index >= 15 is 0 Å². The second-order valence-corrected chi connectivity index (χ2v) is 10.1. The molecule has 0 unspecified atom stereocenters. The molecule has 1 aliphatic heterocycles. The molecule has 0 bridgehead atoms. The Labute approximate surface area is 220 Å². The average Bonchev–Trinajstić information content (AvgIpc) is 2.88. The number of hydrogen-bond donors (Lipinski definition) is 1. The van der Waals surface area contributed by atoms with Crippen LogP contribution in [0.3, 0.4) is 0 Å². The van der Waals surface area contributed by atoms with Gasteiger partial charge < -0.3 is 19.9 Å². The van der Waals surface area contributed by atoms with Crippen LogP contribution in [0.4, 0.5) is 4.79 Å². The van der Waals surface area contributed by atoms with Crippen molar-refractivity contribution in [2.24, 2.45) is 0 Å². The van der Waals surface area contributed by atoms with Crippen molar-refractivity contribution in [2.45, 2.75) is 52.1 Å². The molecule has 0 aromatic heterocycles. The highest BCUT2D eigenvalue weighted by Gasteiger charge is 2.28. The molecule has 0 atom stereocenters. The molecule has 7 nitrogen and oxygen atoms in total. The molecule has 2 aromatic carbocycles. The lowest BCUT2D eigenvalue weighted by Crippen LogP contribution is -2.51. The second kappa shape index (κ2) is 13.5. The van der Waals surface area contributed by atoms with Crippen molar-refractivity contribution in [3.8, 4) is 11.8 Å². The summed E-state index contributed by atoms with van der Waals surface area (Å²) in [6.07, 6.45) is 2.92. The van der Waals surface area contributed by atoms with Crippen LogP contribution < -0.4 is 5.32 Å². The van der Waals surface area contributed by atoms with Crippen molar-refractivity contribution in [3.63, 3.8) is 0 Å². The van der Waals surface area contributed by atoms with Gasteiger partial charge in [-0.25, -0.2) is 4.79 Å². The molecule has 1 heterocycles. The lowest BCUT2D eigenvalue weighted by Gasteiger charge is -2.35. The summed E-state index contributed by atoms with van der Waals surface area (Å²) in [5.74, 6) is 5.90. The average molecular weight is 504 g/mol. The van der Waals surface area contributed by atoms with Gasteiger partial charge in [-0.05, 0) is 63.8 Å². The Morgan fingerprint density at radius 3 is 2.32 bits per heavy atom. The van der Waals surface area contributed by atoms with E-state index in [1.807, 2.05) is 45.0 Å². The number of nitrogens with one attached hydrogen (secondary N) is 1. The molecule has 1 fully saturated rings. The molecule has 0 radical (unpaired) electrons. The van der Waals surface area contributed by atoms with E-state index in [1.165, 1.54) is 5.56 Å². The zero-order valence-electron chi connectivity index (χ0n) is 22.1. The molecule has 2 aromatic rings. The van der Waals surface area contributed by atoms with Gasteiger partial charge in [-0.3, -0.25) is 9.59 Å². The smallest absolute Gasteiger partial charge is 0.410 e. The van der Waals surface area contributed by atoms with Gasteiger partial charge in [0.25, 0.3) is 5.91 Å². The SMILES string of the molecule is CC(C)(C)OC(=O)N1CCN(C(=O)c2cccc(C#CCNC(=O)CCCCc3ccccc3)c2)CC1. The zero-order chi connectivity index (χ0) is 26.7. The minimum absolute atomic E-state index is 0.00295. The number of carbonyl (C=O) groups is 3. The summed E-state index contributed by atoms with van der Waals surface area (Å²) >= 11 is 0. The third kappa shape index (κ3) is 9.64. The highest BCUT2D eigenvalue weighted by Crippen LogP contribution is 2.14. The number of rotatable bonds is 7. The monoisotopic (exact) mass is 503 g/mol. The Bertz CT molecular complexity index is 1120. The van der Waals surface area contributed by atoms with E-state index in [2.05, 4.69) is 29.3 Å². The molecular formula is C30H37N3O4. The van der Waals surface area contributed by atoms with Gasteiger partial charge in [-0.2, -0.15) is 0 Å². The van der Waals surface area contributed by atoms with Crippen LogP contribution in [0.5, 0.6) is 0 Å². The Morgan fingerprint density at radius 2 is 1.62 bits per heavy atom. The number of unbranched alkanes of at least 4 members (excludes halogenated alkanes) is 1. The summed E-state index contributed by atoms with van der Waals surface area (Å²) in [5.41, 5.74) is 2.02. The van der Waals surface area contributed by atoms with Gasteiger partial charge in [0, 0.05) is 43.7 Å². The summed E-state index contributed by atoms with van der Waals surface area (Å²) < 4.78 is 5.42. The van der Waals surface area contributed by atoms with E-state index in [0.717, 1.165) is 24.8 Å². The normalized spacial score (nSPS) is 13.4. The molecule has 0 saturated carbocycles. The van der Waals surface area contributed by atoms with Gasteiger partial charge in [-0.15, -0.1) is 0 Å². The largest absolute Gasteiger partial charge is 0.444 e. The molecule has 3 amide bonds. The van der Waals surface area contributed by atoms with E-state index in [-0.39, 0.29) is 24.5 Å². The Morgan fingerprint density at radius 1 is 0.919 bits per heavy atom. The van der Waals surface area contributed by atoms with Crippen LogP contribution in [0.2, 0.25) is 0 Å². The highest BCUT2D eigenvalue weighted by molar-refractivity contribution is 5.94.